The van der Waals surface area contributed by atoms with Gasteiger partial charge in [-0.2, -0.15) is 0 Å². The van der Waals surface area contributed by atoms with E-state index in [0.29, 0.717) is 18.3 Å². The van der Waals surface area contributed by atoms with Gasteiger partial charge in [-0.05, 0) is 37.5 Å². The molecule has 4 N–H and O–H groups in total. The summed E-state index contributed by atoms with van der Waals surface area (Å²) in [5.74, 6) is 0.863. The SMILES string of the molecule is C[C@H]1CC[C@H](O[C@@H]2O[C@H](CO)[C@@H](O)[C@H](O)[C@H]2O)[C@]2(C)C[C@H]3OC(=O)[C@H](C)[C@H]3C[C@@H]12. The molecule has 8 nitrogen and oxygen atoms in total. The second-order valence-corrected chi connectivity index (χ2v) is 9.86. The minimum Gasteiger partial charge on any atom is -0.462 e. The highest BCUT2D eigenvalue weighted by atomic mass is 16.7. The molecule has 2 saturated carbocycles. The van der Waals surface area contributed by atoms with Crippen molar-refractivity contribution in [1.29, 1.82) is 0 Å². The summed E-state index contributed by atoms with van der Waals surface area (Å²) in [6, 6.07) is 0. The molecule has 166 valence electrons. The number of fused-ring (bicyclic) bond motifs is 2. The summed E-state index contributed by atoms with van der Waals surface area (Å²) in [5, 5.41) is 39.9. The molecule has 4 fully saturated rings. The maximum atomic E-state index is 12.1. The second-order valence-electron chi connectivity index (χ2n) is 9.86. The van der Waals surface area contributed by atoms with E-state index in [2.05, 4.69) is 13.8 Å². The van der Waals surface area contributed by atoms with Gasteiger partial charge in [0.05, 0.1) is 18.6 Å². The zero-order chi connectivity index (χ0) is 21.1. The van der Waals surface area contributed by atoms with Gasteiger partial charge in [-0.15, -0.1) is 0 Å². The largest absolute Gasteiger partial charge is 0.462 e. The molecule has 8 heteroatoms. The van der Waals surface area contributed by atoms with E-state index in [1.165, 1.54) is 0 Å². The van der Waals surface area contributed by atoms with Crippen LogP contribution < -0.4 is 0 Å². The molecule has 4 aliphatic rings. The smallest absolute Gasteiger partial charge is 0.309 e. The van der Waals surface area contributed by atoms with E-state index in [1.54, 1.807) is 0 Å². The van der Waals surface area contributed by atoms with Gasteiger partial charge in [-0.3, -0.25) is 4.79 Å². The van der Waals surface area contributed by atoms with Crippen LogP contribution in [0.5, 0.6) is 0 Å². The van der Waals surface area contributed by atoms with Crippen LogP contribution in [0.25, 0.3) is 0 Å². The molecule has 0 radical (unpaired) electrons. The molecule has 2 aliphatic carbocycles. The highest BCUT2D eigenvalue weighted by molar-refractivity contribution is 5.74. The maximum Gasteiger partial charge on any atom is 0.309 e. The molecule has 0 aromatic heterocycles. The zero-order valence-electron chi connectivity index (χ0n) is 17.3. The summed E-state index contributed by atoms with van der Waals surface area (Å²) in [6.45, 7) is 5.87. The molecule has 0 unspecified atom stereocenters. The standard InChI is InChI=1S/C21H34O8/c1-9-4-5-15(29-20-18(25)17(24)16(23)14(8-22)28-20)21(3)7-13-11(6-12(9)21)10(2)19(26)27-13/h9-18,20,22-25H,4-8H2,1-3H3/t9-,10+,11+,12-,13+,14+,15-,16+,17-,18+,20-,21+/m0/s1. The molecule has 0 aromatic carbocycles. The molecule has 0 aromatic rings. The van der Waals surface area contributed by atoms with E-state index < -0.39 is 37.3 Å². The second kappa shape index (κ2) is 7.73. The quantitative estimate of drug-likeness (QED) is 0.483. The van der Waals surface area contributed by atoms with Crippen LogP contribution in [0.2, 0.25) is 0 Å². The Hall–Kier alpha value is -0.770. The Morgan fingerprint density at radius 2 is 1.86 bits per heavy atom. The van der Waals surface area contributed by atoms with Crippen LogP contribution in [-0.4, -0.2) is 75.9 Å². The topological polar surface area (TPSA) is 126 Å². The number of hydrogen-bond donors (Lipinski definition) is 4. The van der Waals surface area contributed by atoms with Gasteiger partial charge in [0.15, 0.2) is 6.29 Å². The average Bonchev–Trinajstić information content (AvgIpc) is 2.95. The third-order valence-electron chi connectivity index (χ3n) is 8.23. The average molecular weight is 414 g/mol. The normalized spacial score (nSPS) is 55.1. The molecule has 4 rings (SSSR count). The monoisotopic (exact) mass is 414 g/mol. The Kier molecular flexibility index (Phi) is 5.72. The molecule has 29 heavy (non-hydrogen) atoms. The fourth-order valence-corrected chi connectivity index (χ4v) is 6.30. The number of rotatable bonds is 3. The lowest BCUT2D eigenvalue weighted by Gasteiger charge is -2.56. The number of hydrogen-bond acceptors (Lipinski definition) is 8. The van der Waals surface area contributed by atoms with Gasteiger partial charge < -0.3 is 34.6 Å². The number of ether oxygens (including phenoxy) is 3. The summed E-state index contributed by atoms with van der Waals surface area (Å²) in [6.07, 6.45) is -3.42. The number of aliphatic hydroxyl groups is 4. The summed E-state index contributed by atoms with van der Waals surface area (Å²) in [7, 11) is 0. The van der Waals surface area contributed by atoms with Crippen LogP contribution in [0.4, 0.5) is 0 Å². The molecule has 0 amide bonds. The van der Waals surface area contributed by atoms with Gasteiger partial charge in [0, 0.05) is 11.3 Å². The molecular formula is C21H34O8. The third-order valence-corrected chi connectivity index (χ3v) is 8.23. The number of carbonyl (C=O) groups is 1. The molecule has 0 spiro atoms. The predicted octanol–water partition coefficient (Wildman–Crippen LogP) is 0.195. The van der Waals surface area contributed by atoms with E-state index in [1.807, 2.05) is 6.92 Å². The summed E-state index contributed by atoms with van der Waals surface area (Å²) >= 11 is 0. The van der Waals surface area contributed by atoms with Gasteiger partial charge in [0.2, 0.25) is 0 Å². The Balaban J connectivity index is 1.54. The summed E-state index contributed by atoms with van der Waals surface area (Å²) in [5.41, 5.74) is -0.262. The van der Waals surface area contributed by atoms with Crippen molar-refractivity contribution in [3.63, 3.8) is 0 Å². The first kappa shape index (κ1) is 21.5. The van der Waals surface area contributed by atoms with Crippen molar-refractivity contribution in [3.8, 4) is 0 Å². The fraction of sp³-hybridized carbons (Fsp3) is 0.952. The van der Waals surface area contributed by atoms with E-state index in [9.17, 15) is 25.2 Å². The zero-order valence-corrected chi connectivity index (χ0v) is 17.3. The number of aliphatic hydroxyl groups excluding tert-OH is 4. The molecule has 0 bridgehead atoms. The van der Waals surface area contributed by atoms with Crippen LogP contribution in [-0.2, 0) is 19.0 Å². The first-order valence-corrected chi connectivity index (χ1v) is 10.8. The third kappa shape index (κ3) is 3.42. The Labute approximate surface area is 171 Å². The molecule has 12 atom stereocenters. The van der Waals surface area contributed by atoms with Crippen LogP contribution in [0.1, 0.15) is 46.5 Å². The Morgan fingerprint density at radius 1 is 1.14 bits per heavy atom. The first-order valence-electron chi connectivity index (χ1n) is 10.8. The van der Waals surface area contributed by atoms with Crippen molar-refractivity contribution in [2.45, 2.75) is 89.4 Å². The van der Waals surface area contributed by atoms with E-state index >= 15 is 0 Å². The van der Waals surface area contributed by atoms with Gasteiger partial charge in [-0.25, -0.2) is 0 Å². The Morgan fingerprint density at radius 3 is 2.55 bits per heavy atom. The predicted molar refractivity (Wildman–Crippen MR) is 100 cm³/mol. The van der Waals surface area contributed by atoms with Gasteiger partial charge in [0.1, 0.15) is 30.5 Å². The lowest BCUT2D eigenvalue weighted by Crippen LogP contribution is -2.61. The van der Waals surface area contributed by atoms with E-state index in [4.69, 9.17) is 14.2 Å². The van der Waals surface area contributed by atoms with Crippen LogP contribution >= 0.6 is 0 Å². The van der Waals surface area contributed by atoms with Gasteiger partial charge in [0.25, 0.3) is 0 Å². The molecule has 2 heterocycles. The van der Waals surface area contributed by atoms with Crippen molar-refractivity contribution in [2.24, 2.45) is 29.1 Å². The lowest BCUT2D eigenvalue weighted by atomic mass is 9.52. The highest BCUT2D eigenvalue weighted by Crippen LogP contribution is 2.58. The van der Waals surface area contributed by atoms with Crippen LogP contribution in [0.3, 0.4) is 0 Å². The summed E-state index contributed by atoms with van der Waals surface area (Å²) < 4.78 is 17.5. The van der Waals surface area contributed by atoms with Crippen molar-refractivity contribution in [1.82, 2.24) is 0 Å². The molecule has 2 aliphatic heterocycles. The van der Waals surface area contributed by atoms with Crippen molar-refractivity contribution >= 4 is 5.97 Å². The molecular weight excluding hydrogens is 380 g/mol. The van der Waals surface area contributed by atoms with Gasteiger partial charge >= 0.3 is 5.97 Å². The van der Waals surface area contributed by atoms with Crippen LogP contribution in [0.15, 0.2) is 0 Å². The Bertz CT molecular complexity index is 626. The van der Waals surface area contributed by atoms with Crippen molar-refractivity contribution < 1.29 is 39.4 Å². The summed E-state index contributed by atoms with van der Waals surface area (Å²) in [4.78, 5) is 12.1. The number of esters is 1. The van der Waals surface area contributed by atoms with Crippen LogP contribution in [0, 0.1) is 29.1 Å². The van der Waals surface area contributed by atoms with E-state index in [0.717, 1.165) is 19.3 Å². The van der Waals surface area contributed by atoms with Gasteiger partial charge in [-0.1, -0.05) is 20.8 Å². The fourth-order valence-electron chi connectivity index (χ4n) is 6.30. The lowest BCUT2D eigenvalue weighted by molar-refractivity contribution is -0.328. The molecule has 2 saturated heterocycles. The maximum absolute atomic E-state index is 12.1. The first-order chi connectivity index (χ1) is 13.7. The van der Waals surface area contributed by atoms with E-state index in [-0.39, 0.29) is 35.4 Å². The number of carbonyl (C=O) groups excluding carboxylic acids is 1. The minimum absolute atomic E-state index is 0.0801. The highest BCUT2D eigenvalue weighted by Gasteiger charge is 2.59. The van der Waals surface area contributed by atoms with Crippen molar-refractivity contribution in [3.05, 3.63) is 0 Å². The van der Waals surface area contributed by atoms with Crippen molar-refractivity contribution in [2.75, 3.05) is 6.61 Å². The minimum atomic E-state index is -1.45.